The second-order valence-corrected chi connectivity index (χ2v) is 3.81. The first kappa shape index (κ1) is 11.3. The molecule has 7 nitrogen and oxygen atoms in total. The predicted octanol–water partition coefficient (Wildman–Crippen LogP) is -0.569. The van der Waals surface area contributed by atoms with Gasteiger partial charge in [0.15, 0.2) is 0 Å². The van der Waals surface area contributed by atoms with E-state index < -0.39 is 17.8 Å². The van der Waals surface area contributed by atoms with Crippen LogP contribution in [0.15, 0.2) is 12.3 Å². The van der Waals surface area contributed by atoms with Gasteiger partial charge in [-0.05, 0) is 6.07 Å². The van der Waals surface area contributed by atoms with E-state index in [4.69, 9.17) is 0 Å². The Hall–Kier alpha value is -2.18. The topological polar surface area (TPSA) is 84.3 Å². The van der Waals surface area contributed by atoms with Gasteiger partial charge in [0.25, 0.3) is 0 Å². The van der Waals surface area contributed by atoms with E-state index in [0.717, 1.165) is 10.6 Å². The van der Waals surface area contributed by atoms with Gasteiger partial charge >= 0.3 is 6.03 Å². The van der Waals surface area contributed by atoms with Crippen LogP contribution in [0.25, 0.3) is 0 Å². The summed E-state index contributed by atoms with van der Waals surface area (Å²) < 4.78 is 1.65. The van der Waals surface area contributed by atoms with Crippen LogP contribution in [-0.2, 0) is 23.1 Å². The first-order valence-electron chi connectivity index (χ1n) is 5.19. The number of urea groups is 1. The van der Waals surface area contributed by atoms with E-state index in [0.29, 0.717) is 6.42 Å². The summed E-state index contributed by atoms with van der Waals surface area (Å²) in [5, 5.41) is 6.24. The van der Waals surface area contributed by atoms with E-state index in [1.165, 1.54) is 0 Å². The van der Waals surface area contributed by atoms with Crippen molar-refractivity contribution < 1.29 is 14.4 Å². The Morgan fingerprint density at radius 3 is 2.76 bits per heavy atom. The van der Waals surface area contributed by atoms with Crippen LogP contribution in [0.5, 0.6) is 0 Å². The highest BCUT2D eigenvalue weighted by atomic mass is 16.2. The van der Waals surface area contributed by atoms with Gasteiger partial charge < -0.3 is 0 Å². The lowest BCUT2D eigenvalue weighted by atomic mass is 10.2. The van der Waals surface area contributed by atoms with Crippen molar-refractivity contribution in [1.29, 1.82) is 0 Å². The lowest BCUT2D eigenvalue weighted by molar-refractivity contribution is -0.136. The molecule has 1 aliphatic heterocycles. The third-order valence-electron chi connectivity index (χ3n) is 2.46. The van der Waals surface area contributed by atoms with E-state index in [1.807, 2.05) is 6.07 Å². The van der Waals surface area contributed by atoms with Gasteiger partial charge in [0.1, 0.15) is 6.42 Å². The van der Waals surface area contributed by atoms with E-state index in [-0.39, 0.29) is 13.0 Å². The van der Waals surface area contributed by atoms with Crippen LogP contribution in [0.2, 0.25) is 0 Å². The fourth-order valence-corrected chi connectivity index (χ4v) is 1.63. The maximum absolute atomic E-state index is 11.5. The number of hydrogen-bond donors (Lipinski definition) is 1. The standard InChI is InChI=1S/C10H12N4O3/c1-13-4-2-7(12-13)3-5-14-9(16)6-8(15)11-10(14)17/h2,4H,3,5-6H2,1H3,(H,11,15,17). The quantitative estimate of drug-likeness (QED) is 0.712. The minimum atomic E-state index is -0.651. The summed E-state index contributed by atoms with van der Waals surface area (Å²) in [5.41, 5.74) is 0.796. The largest absolute Gasteiger partial charge is 0.330 e. The lowest BCUT2D eigenvalue weighted by Crippen LogP contribution is -2.53. The van der Waals surface area contributed by atoms with Crippen LogP contribution in [0.4, 0.5) is 4.79 Å². The molecule has 0 spiro atoms. The molecule has 0 aliphatic carbocycles. The number of nitrogens with zero attached hydrogens (tertiary/aromatic N) is 3. The number of imide groups is 2. The zero-order valence-corrected chi connectivity index (χ0v) is 9.34. The van der Waals surface area contributed by atoms with E-state index in [1.54, 1.807) is 17.9 Å². The normalized spacial score (nSPS) is 16.3. The molecular formula is C10H12N4O3. The molecule has 0 aromatic carbocycles. The van der Waals surface area contributed by atoms with Crippen molar-refractivity contribution >= 4 is 17.8 Å². The highest BCUT2D eigenvalue weighted by Crippen LogP contribution is 2.05. The van der Waals surface area contributed by atoms with Crippen LogP contribution >= 0.6 is 0 Å². The Morgan fingerprint density at radius 1 is 1.41 bits per heavy atom. The molecule has 17 heavy (non-hydrogen) atoms. The zero-order chi connectivity index (χ0) is 12.4. The molecule has 0 bridgehead atoms. The third kappa shape index (κ3) is 2.49. The van der Waals surface area contributed by atoms with E-state index in [2.05, 4.69) is 10.4 Å². The molecule has 2 rings (SSSR count). The highest BCUT2D eigenvalue weighted by Gasteiger charge is 2.30. The summed E-state index contributed by atoms with van der Waals surface area (Å²) in [7, 11) is 1.79. The number of barbiturate groups is 1. The smallest absolute Gasteiger partial charge is 0.277 e. The van der Waals surface area contributed by atoms with Crippen molar-refractivity contribution in [2.45, 2.75) is 12.8 Å². The molecular weight excluding hydrogens is 224 g/mol. The Bertz CT molecular complexity index is 460. The molecule has 0 saturated carbocycles. The summed E-state index contributed by atoms with van der Waals surface area (Å²) >= 11 is 0. The fraction of sp³-hybridized carbons (Fsp3) is 0.400. The van der Waals surface area contributed by atoms with Crippen LogP contribution < -0.4 is 5.32 Å². The zero-order valence-electron chi connectivity index (χ0n) is 9.34. The van der Waals surface area contributed by atoms with Crippen LogP contribution in [-0.4, -0.2) is 39.1 Å². The maximum Gasteiger partial charge on any atom is 0.330 e. The van der Waals surface area contributed by atoms with Crippen molar-refractivity contribution in [3.05, 3.63) is 18.0 Å². The molecule has 2 heterocycles. The number of aromatic nitrogens is 2. The van der Waals surface area contributed by atoms with Gasteiger partial charge in [-0.1, -0.05) is 0 Å². The van der Waals surface area contributed by atoms with Gasteiger partial charge in [0.05, 0.1) is 5.69 Å². The lowest BCUT2D eigenvalue weighted by Gasteiger charge is -2.24. The summed E-state index contributed by atoms with van der Waals surface area (Å²) in [4.78, 5) is 34.8. The van der Waals surface area contributed by atoms with Gasteiger partial charge in [0, 0.05) is 26.2 Å². The number of nitrogens with one attached hydrogen (secondary N) is 1. The van der Waals surface area contributed by atoms with Gasteiger partial charge in [-0.2, -0.15) is 5.10 Å². The van der Waals surface area contributed by atoms with Crippen molar-refractivity contribution in [2.75, 3.05) is 6.54 Å². The SMILES string of the molecule is Cn1ccc(CCN2C(=O)CC(=O)NC2=O)n1. The Balaban J connectivity index is 1.96. The summed E-state index contributed by atoms with van der Waals surface area (Å²) in [6, 6.07) is 1.17. The number of rotatable bonds is 3. The first-order chi connectivity index (χ1) is 8.06. The molecule has 1 fully saturated rings. The van der Waals surface area contributed by atoms with Crippen LogP contribution in [0.1, 0.15) is 12.1 Å². The minimum absolute atomic E-state index is 0.231. The maximum atomic E-state index is 11.5. The Labute approximate surface area is 97.4 Å². The second-order valence-electron chi connectivity index (χ2n) is 3.81. The average Bonchev–Trinajstić information content (AvgIpc) is 2.62. The number of amides is 4. The average molecular weight is 236 g/mol. The van der Waals surface area contributed by atoms with Crippen molar-refractivity contribution in [3.8, 4) is 0 Å². The number of carbonyl (C=O) groups is 3. The molecule has 1 N–H and O–H groups in total. The van der Waals surface area contributed by atoms with Crippen LogP contribution in [0, 0.1) is 0 Å². The predicted molar refractivity (Wildman–Crippen MR) is 56.8 cm³/mol. The summed E-state index contributed by atoms with van der Waals surface area (Å²) in [5.74, 6) is -1.01. The highest BCUT2D eigenvalue weighted by molar-refractivity contribution is 6.14. The van der Waals surface area contributed by atoms with Crippen molar-refractivity contribution in [1.82, 2.24) is 20.0 Å². The molecule has 0 radical (unpaired) electrons. The van der Waals surface area contributed by atoms with E-state index >= 15 is 0 Å². The van der Waals surface area contributed by atoms with Gasteiger partial charge in [-0.15, -0.1) is 0 Å². The molecule has 0 atom stereocenters. The molecule has 1 saturated heterocycles. The fourth-order valence-electron chi connectivity index (χ4n) is 1.63. The number of carbonyl (C=O) groups excluding carboxylic acids is 3. The van der Waals surface area contributed by atoms with Gasteiger partial charge in [0.2, 0.25) is 11.8 Å². The van der Waals surface area contributed by atoms with Crippen LogP contribution in [0.3, 0.4) is 0 Å². The molecule has 4 amide bonds. The number of aryl methyl sites for hydroxylation is 1. The molecule has 90 valence electrons. The van der Waals surface area contributed by atoms with Gasteiger partial charge in [-0.3, -0.25) is 24.5 Å². The second kappa shape index (κ2) is 4.36. The molecule has 1 aliphatic rings. The summed E-state index contributed by atoms with van der Waals surface area (Å²) in [6.45, 7) is 0.231. The molecule has 7 heteroatoms. The van der Waals surface area contributed by atoms with Crippen molar-refractivity contribution in [3.63, 3.8) is 0 Å². The molecule has 1 aromatic heterocycles. The minimum Gasteiger partial charge on any atom is -0.277 e. The van der Waals surface area contributed by atoms with Gasteiger partial charge in [-0.25, -0.2) is 4.79 Å². The summed E-state index contributed by atoms with van der Waals surface area (Å²) in [6.07, 6.45) is 2.00. The Kier molecular flexibility index (Phi) is 2.90. The molecule has 1 aromatic rings. The number of hydrogen-bond acceptors (Lipinski definition) is 4. The Morgan fingerprint density at radius 2 is 2.18 bits per heavy atom. The van der Waals surface area contributed by atoms with E-state index in [9.17, 15) is 14.4 Å². The van der Waals surface area contributed by atoms with Crippen molar-refractivity contribution in [2.24, 2.45) is 7.05 Å². The monoisotopic (exact) mass is 236 g/mol. The third-order valence-corrected chi connectivity index (χ3v) is 2.46. The first-order valence-corrected chi connectivity index (χ1v) is 5.19. The molecule has 0 unspecified atom stereocenters.